The van der Waals surface area contributed by atoms with Gasteiger partial charge in [-0.1, -0.05) is 0 Å². The maximum absolute atomic E-state index is 11.9. The Hall–Kier alpha value is -3.11. The summed E-state index contributed by atoms with van der Waals surface area (Å²) in [7, 11) is -4.63. The van der Waals surface area contributed by atoms with Gasteiger partial charge in [0.15, 0.2) is 0 Å². The summed E-state index contributed by atoms with van der Waals surface area (Å²) in [4.78, 5) is 0. The first-order valence-electron chi connectivity index (χ1n) is 13.1. The Labute approximate surface area is 261 Å². The van der Waals surface area contributed by atoms with E-state index in [0.717, 1.165) is 31.2 Å². The van der Waals surface area contributed by atoms with Gasteiger partial charge in [-0.25, -0.2) is 0 Å². The number of allylic oxidation sites excluding steroid dienone is 7. The van der Waals surface area contributed by atoms with Gasteiger partial charge in [0.05, 0.1) is 0 Å². The van der Waals surface area contributed by atoms with E-state index < -0.39 is 45.0 Å². The van der Waals surface area contributed by atoms with Gasteiger partial charge in [-0.05, 0) is 0 Å². The molecule has 6 rings (SSSR count). The Morgan fingerprint density at radius 1 is 0.548 bits per heavy atom. The van der Waals surface area contributed by atoms with E-state index >= 15 is 0 Å². The molecule has 42 heavy (non-hydrogen) atoms. The minimum atomic E-state index is -4.63. The number of halogens is 1. The molecule has 0 spiro atoms. The van der Waals surface area contributed by atoms with Crippen LogP contribution in [0.3, 0.4) is 0 Å². The van der Waals surface area contributed by atoms with Crippen molar-refractivity contribution in [3.05, 3.63) is 185 Å². The van der Waals surface area contributed by atoms with Gasteiger partial charge in [-0.15, -0.1) is 0 Å². The van der Waals surface area contributed by atoms with Gasteiger partial charge >= 0.3 is 264 Å². The Morgan fingerprint density at radius 2 is 1.00 bits per heavy atom. The van der Waals surface area contributed by atoms with Crippen molar-refractivity contribution in [2.24, 2.45) is 0 Å². The van der Waals surface area contributed by atoms with Gasteiger partial charge in [0, 0.05) is 0 Å². The molecule has 1 atom stereocenters. The van der Waals surface area contributed by atoms with Gasteiger partial charge in [-0.3, -0.25) is 0 Å². The van der Waals surface area contributed by atoms with E-state index in [9.17, 15) is 14.0 Å². The molecule has 2 aliphatic heterocycles. The van der Waals surface area contributed by atoms with Crippen molar-refractivity contribution in [1.29, 1.82) is 0 Å². The summed E-state index contributed by atoms with van der Waals surface area (Å²) in [5.74, 6) is 0. The fraction of sp³-hybridized carbons (Fsp3) is 0. The van der Waals surface area contributed by atoms with Crippen molar-refractivity contribution in [3.63, 3.8) is 0 Å². The molecule has 0 radical (unpaired) electrons. The van der Waals surface area contributed by atoms with E-state index in [2.05, 4.69) is 66.8 Å². The number of rotatable bonds is 7. The molecule has 0 saturated heterocycles. The summed E-state index contributed by atoms with van der Waals surface area (Å²) in [6.07, 6.45) is 10.6. The van der Waals surface area contributed by atoms with Gasteiger partial charge in [0.2, 0.25) is 0 Å². The van der Waals surface area contributed by atoms with Crippen LogP contribution in [0.2, 0.25) is 0 Å². The van der Waals surface area contributed by atoms with Crippen molar-refractivity contribution < 1.29 is 27.6 Å². The first-order chi connectivity index (χ1) is 20.4. The van der Waals surface area contributed by atoms with Crippen LogP contribution in [0.25, 0.3) is 11.7 Å². The second kappa shape index (κ2) is 13.0. The van der Waals surface area contributed by atoms with E-state index in [1.54, 1.807) is 0 Å². The van der Waals surface area contributed by atoms with Crippen LogP contribution in [0.1, 0.15) is 22.3 Å². The van der Waals surface area contributed by atoms with Crippen LogP contribution in [0.4, 0.5) is 0 Å². The summed E-state index contributed by atoms with van der Waals surface area (Å²) in [6, 6.07) is 40.1. The molecule has 0 bridgehead atoms. The van der Waals surface area contributed by atoms with E-state index in [4.69, 9.17) is 3.37 Å². The van der Waals surface area contributed by atoms with Crippen molar-refractivity contribution in [2.75, 3.05) is 0 Å². The van der Waals surface area contributed by atoms with Crippen LogP contribution in [-0.4, -0.2) is 39.1 Å². The zero-order chi connectivity index (χ0) is 28.9. The zero-order valence-electron chi connectivity index (χ0n) is 22.3. The molecule has 4 aromatic carbocycles. The molecule has 0 aromatic heterocycles. The molecule has 4 nitrogen and oxygen atoms in total. The maximum atomic E-state index is 11.9. The third kappa shape index (κ3) is 7.09. The van der Waals surface area contributed by atoms with Crippen LogP contribution in [0.15, 0.2) is 163 Å². The second-order valence-corrected chi connectivity index (χ2v) is 17.2. The van der Waals surface area contributed by atoms with Crippen molar-refractivity contribution in [3.8, 4) is 0 Å². The topological polar surface area (TPSA) is 78.4 Å². The van der Waals surface area contributed by atoms with Crippen molar-refractivity contribution in [1.82, 2.24) is 0 Å². The van der Waals surface area contributed by atoms with Crippen molar-refractivity contribution >= 4 is 50.8 Å². The Bertz CT molecular complexity index is 1710. The summed E-state index contributed by atoms with van der Waals surface area (Å²) in [6.45, 7) is 0. The summed E-state index contributed by atoms with van der Waals surface area (Å²) in [5, 5.41) is 0. The van der Waals surface area contributed by atoms with Crippen LogP contribution in [-0.2, 0) is 3.37 Å². The third-order valence-electron chi connectivity index (χ3n) is 6.52. The quantitative estimate of drug-likeness (QED) is 0.268. The normalized spacial score (nSPS) is 17.2. The van der Waals surface area contributed by atoms with E-state index in [1.165, 1.54) is 18.4 Å². The molecule has 7 heteroatoms. The predicted molar refractivity (Wildman–Crippen MR) is 163 cm³/mol. The van der Waals surface area contributed by atoms with Crippen LogP contribution in [0, 0.1) is 10.2 Å². The Balaban J connectivity index is 1.54. The molecule has 0 fully saturated rings. The molecule has 0 aliphatic carbocycles. The molecular formula is C35H25ClO4SeTe. The average molecular weight is 752 g/mol. The van der Waals surface area contributed by atoms with E-state index in [-0.39, 0.29) is 0 Å². The molecule has 0 N–H and O–H groups in total. The average Bonchev–Trinajstić information content (AvgIpc) is 3.02. The summed E-state index contributed by atoms with van der Waals surface area (Å²) >= 11 is -3.37. The van der Waals surface area contributed by atoms with Gasteiger partial charge < -0.3 is 0 Å². The fourth-order valence-electron chi connectivity index (χ4n) is 4.67. The van der Waals surface area contributed by atoms with E-state index in [0.29, 0.717) is 0 Å². The first kappa shape index (κ1) is 29.0. The molecule has 4 aromatic rings. The van der Waals surface area contributed by atoms with Crippen LogP contribution < -0.4 is 14.0 Å². The standard InChI is InChI=1S/C35H25ClO4SeTe/c37-36(38,39)40-41-32(28-13-5-1-6-14-28)22-26(23-33(41)29-15-7-2-8-16-29)21-27-24-34(30-17-9-3-10-18-30)42-35(25-27)31-19-11-4-12-20-31/h1-25H. The van der Waals surface area contributed by atoms with Gasteiger partial charge in [0.25, 0.3) is 0 Å². The predicted octanol–water partition coefficient (Wildman–Crippen LogP) is 3.98. The minimum absolute atomic E-state index is 0.638. The molecule has 2 aliphatic rings. The Kier molecular flexibility index (Phi) is 9.00. The number of hydrogen-bond donors (Lipinski definition) is 0. The first-order valence-corrected chi connectivity index (χ1v) is 19.1. The molecule has 1 unspecified atom stereocenters. The summed E-state index contributed by atoms with van der Waals surface area (Å²) in [5.41, 5.74) is 6.07. The Morgan fingerprint density at radius 3 is 1.48 bits per heavy atom. The van der Waals surface area contributed by atoms with Crippen LogP contribution >= 0.6 is 0 Å². The van der Waals surface area contributed by atoms with Crippen LogP contribution in [0.5, 0.6) is 0 Å². The van der Waals surface area contributed by atoms with E-state index in [1.807, 2.05) is 84.9 Å². The SMILES string of the molecule is [O-][Cl+3]([O-])([O-])O[Se]1=C(c2ccccc2)C=C(C=C2C=C(c3ccccc3)[Te]C(c3ccccc3)=C2)C=C1c1ccccc1. The third-order valence-corrected chi connectivity index (χ3v) is 15.0. The summed E-state index contributed by atoms with van der Waals surface area (Å²) < 4.78 is 45.3. The molecule has 0 amide bonds. The molecular weight excluding hydrogens is 726 g/mol. The number of benzene rings is 4. The fourth-order valence-corrected chi connectivity index (χ4v) is 13.0. The molecule has 208 valence electrons. The zero-order valence-corrected chi connectivity index (χ0v) is 27.1. The molecule has 2 heterocycles. The number of hydrogen-bond acceptors (Lipinski definition) is 4. The monoisotopic (exact) mass is 754 g/mol. The van der Waals surface area contributed by atoms with Gasteiger partial charge in [0.1, 0.15) is 0 Å². The van der Waals surface area contributed by atoms with Gasteiger partial charge in [-0.2, -0.15) is 0 Å². The second-order valence-electron chi connectivity index (χ2n) is 9.45. The molecule has 0 saturated carbocycles. The van der Waals surface area contributed by atoms with Crippen molar-refractivity contribution in [2.45, 2.75) is 0 Å².